The van der Waals surface area contributed by atoms with Crippen LogP contribution < -0.4 is 0 Å². The second-order valence-corrected chi connectivity index (χ2v) is 2.97. The molecule has 4 nitrogen and oxygen atoms in total. The van der Waals surface area contributed by atoms with Gasteiger partial charge in [0.25, 0.3) is 0 Å². The highest BCUT2D eigenvalue weighted by Crippen LogP contribution is 2.12. The van der Waals surface area contributed by atoms with Crippen molar-refractivity contribution in [1.29, 1.82) is 0 Å². The smallest absolute Gasteiger partial charge is 0.372 e. The Morgan fingerprint density at radius 2 is 2.31 bits per heavy atom. The van der Waals surface area contributed by atoms with Gasteiger partial charge in [0, 0.05) is 6.20 Å². The summed E-state index contributed by atoms with van der Waals surface area (Å²) in [5, 5.41) is 9.22. The van der Waals surface area contributed by atoms with Gasteiger partial charge in [-0.2, -0.15) is 0 Å². The van der Waals surface area contributed by atoms with Crippen LogP contribution in [0.15, 0.2) is 24.5 Å². The third kappa shape index (κ3) is 1.25. The number of fused-ring (bicyclic) bond motifs is 1. The van der Waals surface area contributed by atoms with Crippen molar-refractivity contribution in [3.8, 4) is 0 Å². The summed E-state index contributed by atoms with van der Waals surface area (Å²) >= 11 is 5.71. The maximum atomic E-state index is 10.7. The Morgan fingerprint density at radius 3 is 3.00 bits per heavy atom. The molecule has 0 atom stereocenters. The summed E-state index contributed by atoms with van der Waals surface area (Å²) < 4.78 is 1.44. The third-order valence-corrected chi connectivity index (χ3v) is 1.91. The molecule has 0 unspecified atom stereocenters. The lowest BCUT2D eigenvalue weighted by atomic mass is 10.4. The van der Waals surface area contributed by atoms with Gasteiger partial charge in [-0.3, -0.25) is 4.40 Å². The van der Waals surface area contributed by atoms with Gasteiger partial charge in [-0.15, -0.1) is 0 Å². The Balaban J connectivity index is 2.79. The van der Waals surface area contributed by atoms with E-state index in [1.807, 2.05) is 0 Å². The number of hydrogen-bond acceptors (Lipinski definition) is 2. The number of carboxylic acids is 1. The summed E-state index contributed by atoms with van der Waals surface area (Å²) in [6, 6.07) is 3.39. The Kier molecular flexibility index (Phi) is 1.70. The van der Waals surface area contributed by atoms with Crippen molar-refractivity contribution in [3.63, 3.8) is 0 Å². The number of hydrogen-bond donors (Lipinski definition) is 1. The van der Waals surface area contributed by atoms with E-state index in [1.165, 1.54) is 16.8 Å². The van der Waals surface area contributed by atoms with Gasteiger partial charge in [-0.25, -0.2) is 9.78 Å². The van der Waals surface area contributed by atoms with E-state index in [0.717, 1.165) is 0 Å². The van der Waals surface area contributed by atoms with Crippen LogP contribution in [0.4, 0.5) is 0 Å². The molecule has 0 aliphatic heterocycles. The van der Waals surface area contributed by atoms with Gasteiger partial charge in [-0.05, 0) is 12.1 Å². The van der Waals surface area contributed by atoms with Crippen LogP contribution in [0.5, 0.6) is 0 Å². The Labute approximate surface area is 78.4 Å². The van der Waals surface area contributed by atoms with E-state index in [9.17, 15) is 4.79 Å². The lowest BCUT2D eigenvalue weighted by molar-refractivity contribution is 0.0683. The van der Waals surface area contributed by atoms with Crippen LogP contribution in [0.2, 0.25) is 5.02 Å². The lowest BCUT2D eigenvalue weighted by Gasteiger charge is -1.96. The molecule has 0 aliphatic carbocycles. The minimum absolute atomic E-state index is 0.0301. The van der Waals surface area contributed by atoms with Gasteiger partial charge >= 0.3 is 5.97 Å². The molecular weight excluding hydrogens is 192 g/mol. The molecule has 2 heterocycles. The second kappa shape index (κ2) is 2.74. The molecule has 2 aromatic rings. The summed E-state index contributed by atoms with van der Waals surface area (Å²) in [6.07, 6.45) is 3.01. The predicted molar refractivity (Wildman–Crippen MR) is 47.2 cm³/mol. The van der Waals surface area contributed by atoms with E-state index in [1.54, 1.807) is 12.1 Å². The number of aromatic carboxylic acids is 1. The zero-order chi connectivity index (χ0) is 9.42. The summed E-state index contributed by atoms with van der Waals surface area (Å²) in [6.45, 7) is 0. The SMILES string of the molecule is O=C(O)c1ncc2ccc(Cl)cn12. The summed E-state index contributed by atoms with van der Waals surface area (Å²) in [4.78, 5) is 14.4. The highest BCUT2D eigenvalue weighted by Gasteiger charge is 2.10. The first-order valence-electron chi connectivity index (χ1n) is 3.54. The zero-order valence-electron chi connectivity index (χ0n) is 6.44. The highest BCUT2D eigenvalue weighted by molar-refractivity contribution is 6.30. The van der Waals surface area contributed by atoms with E-state index in [2.05, 4.69) is 4.98 Å². The standard InChI is InChI=1S/C8H5ClN2O2/c9-5-1-2-6-3-10-7(8(12)13)11(6)4-5/h1-4H,(H,12,13). The average molecular weight is 197 g/mol. The van der Waals surface area contributed by atoms with Crippen LogP contribution in [-0.2, 0) is 0 Å². The molecule has 2 aromatic heterocycles. The monoisotopic (exact) mass is 196 g/mol. The van der Waals surface area contributed by atoms with E-state index in [0.29, 0.717) is 10.5 Å². The molecule has 66 valence electrons. The number of rotatable bonds is 1. The van der Waals surface area contributed by atoms with Crippen molar-refractivity contribution in [2.75, 3.05) is 0 Å². The molecular formula is C8H5ClN2O2. The maximum absolute atomic E-state index is 10.7. The van der Waals surface area contributed by atoms with Crippen LogP contribution in [0.25, 0.3) is 5.52 Å². The number of aromatic nitrogens is 2. The molecule has 2 rings (SSSR count). The molecule has 0 spiro atoms. The van der Waals surface area contributed by atoms with Crippen LogP contribution in [0.1, 0.15) is 10.6 Å². The summed E-state index contributed by atoms with van der Waals surface area (Å²) in [5.74, 6) is -1.10. The van der Waals surface area contributed by atoms with Crippen molar-refractivity contribution >= 4 is 23.1 Å². The Morgan fingerprint density at radius 1 is 1.54 bits per heavy atom. The number of carbonyl (C=O) groups is 1. The van der Waals surface area contributed by atoms with Gasteiger partial charge in [0.15, 0.2) is 0 Å². The largest absolute Gasteiger partial charge is 0.475 e. The topological polar surface area (TPSA) is 54.6 Å². The normalized spacial score (nSPS) is 10.5. The van der Waals surface area contributed by atoms with E-state index >= 15 is 0 Å². The van der Waals surface area contributed by atoms with Crippen molar-refractivity contribution in [1.82, 2.24) is 9.38 Å². The minimum Gasteiger partial charge on any atom is -0.475 e. The molecule has 0 amide bonds. The highest BCUT2D eigenvalue weighted by atomic mass is 35.5. The van der Waals surface area contributed by atoms with E-state index in [4.69, 9.17) is 16.7 Å². The lowest BCUT2D eigenvalue weighted by Crippen LogP contribution is -2.03. The number of pyridine rings is 1. The molecule has 0 fully saturated rings. The summed E-state index contributed by atoms with van der Waals surface area (Å²) in [7, 11) is 0. The van der Waals surface area contributed by atoms with Gasteiger partial charge in [0.1, 0.15) is 0 Å². The molecule has 0 saturated carbocycles. The molecule has 0 aliphatic rings. The third-order valence-electron chi connectivity index (χ3n) is 1.68. The first-order chi connectivity index (χ1) is 6.18. The fourth-order valence-corrected chi connectivity index (χ4v) is 1.28. The van der Waals surface area contributed by atoms with Gasteiger partial charge in [0.2, 0.25) is 5.82 Å². The van der Waals surface area contributed by atoms with Crippen molar-refractivity contribution in [2.45, 2.75) is 0 Å². The van der Waals surface area contributed by atoms with E-state index in [-0.39, 0.29) is 5.82 Å². The number of imidazole rings is 1. The average Bonchev–Trinajstić information content (AvgIpc) is 2.46. The number of nitrogens with zero attached hydrogens (tertiary/aromatic N) is 2. The zero-order valence-corrected chi connectivity index (χ0v) is 7.19. The molecule has 1 N–H and O–H groups in total. The number of carboxylic acid groups (broad SMARTS) is 1. The van der Waals surface area contributed by atoms with Crippen LogP contribution in [0, 0.1) is 0 Å². The van der Waals surface area contributed by atoms with Crippen LogP contribution in [0.3, 0.4) is 0 Å². The first kappa shape index (κ1) is 8.07. The Hall–Kier alpha value is -1.55. The van der Waals surface area contributed by atoms with Crippen LogP contribution >= 0.6 is 11.6 Å². The van der Waals surface area contributed by atoms with Crippen molar-refractivity contribution in [3.05, 3.63) is 35.4 Å². The van der Waals surface area contributed by atoms with Crippen molar-refractivity contribution in [2.24, 2.45) is 0 Å². The van der Waals surface area contributed by atoms with Gasteiger partial charge in [0.05, 0.1) is 16.7 Å². The van der Waals surface area contributed by atoms with Gasteiger partial charge < -0.3 is 5.11 Å². The summed E-state index contributed by atoms with van der Waals surface area (Å²) in [5.41, 5.74) is 0.710. The Bertz CT molecular complexity index is 478. The molecule has 0 saturated heterocycles. The predicted octanol–water partition coefficient (Wildman–Crippen LogP) is 1.69. The molecule has 0 aromatic carbocycles. The fourth-order valence-electron chi connectivity index (χ4n) is 1.12. The molecule has 5 heteroatoms. The fraction of sp³-hybridized carbons (Fsp3) is 0. The molecule has 0 radical (unpaired) electrons. The quantitative estimate of drug-likeness (QED) is 0.755. The molecule has 13 heavy (non-hydrogen) atoms. The maximum Gasteiger partial charge on any atom is 0.372 e. The molecule has 0 bridgehead atoms. The second-order valence-electron chi connectivity index (χ2n) is 2.53. The van der Waals surface area contributed by atoms with Gasteiger partial charge in [-0.1, -0.05) is 11.6 Å². The first-order valence-corrected chi connectivity index (χ1v) is 3.92. The van der Waals surface area contributed by atoms with Crippen LogP contribution in [-0.4, -0.2) is 20.5 Å². The number of halogens is 1. The van der Waals surface area contributed by atoms with E-state index < -0.39 is 5.97 Å². The minimum atomic E-state index is -1.07. The van der Waals surface area contributed by atoms with Crippen molar-refractivity contribution < 1.29 is 9.90 Å².